The van der Waals surface area contributed by atoms with Gasteiger partial charge < -0.3 is 9.11 Å². The smallest absolute Gasteiger partial charge is 0.726 e. The van der Waals surface area contributed by atoms with E-state index in [2.05, 4.69) is 36.1 Å². The molecule has 0 saturated carbocycles. The zero-order valence-corrected chi connectivity index (χ0v) is 64.7. The molecule has 0 spiro atoms. The molecule has 0 radical (unpaired) electrons. The van der Waals surface area contributed by atoms with Crippen molar-refractivity contribution < 1.29 is 34.3 Å². The van der Waals surface area contributed by atoms with Crippen LogP contribution in [-0.2, 0) is 29.2 Å². The molecule has 0 fully saturated rings. The molecule has 8 nitrogen and oxygen atoms in total. The van der Waals surface area contributed by atoms with E-state index in [1.54, 1.807) is 0 Å². The minimum atomic E-state index is -4.59. The fourth-order valence-electron chi connectivity index (χ4n) is 13.3. The van der Waals surface area contributed by atoms with Crippen molar-refractivity contribution in [2.24, 2.45) is 11.8 Å². The van der Waals surface area contributed by atoms with Gasteiger partial charge in [0.15, 0.2) is 0 Å². The van der Waals surface area contributed by atoms with Crippen LogP contribution in [0.3, 0.4) is 0 Å². The van der Waals surface area contributed by atoms with Gasteiger partial charge in [-0.25, -0.2) is 16.8 Å². The van der Waals surface area contributed by atoms with Gasteiger partial charge in [0, 0.05) is 0 Å². The zero-order valence-electron chi connectivity index (χ0n) is 60.9. The van der Waals surface area contributed by atoms with Gasteiger partial charge >= 0.3 is 37.7 Å². The first-order valence-corrected chi connectivity index (χ1v) is 42.9. The van der Waals surface area contributed by atoms with E-state index >= 15 is 0 Å². The Hall–Kier alpha value is 1.000. The fourth-order valence-corrected chi connectivity index (χ4v) is 14.0. The predicted molar refractivity (Wildman–Crippen MR) is 390 cm³/mol. The maximum absolute atomic E-state index is 11.0. The van der Waals surface area contributed by atoms with Gasteiger partial charge in [-0.15, -0.1) is 0 Å². The van der Waals surface area contributed by atoms with Crippen molar-refractivity contribution in [3.8, 4) is 0 Å². The summed E-state index contributed by atoms with van der Waals surface area (Å²) in [6, 6.07) is 0. The molecule has 0 aromatic rings. The van der Waals surface area contributed by atoms with E-state index in [-0.39, 0.29) is 62.8 Å². The van der Waals surface area contributed by atoms with Gasteiger partial charge in [-0.1, -0.05) is 451 Å². The Balaban J connectivity index is -0.00000164. The normalized spacial score (nSPS) is 12.6. The summed E-state index contributed by atoms with van der Waals surface area (Å²) >= 11 is 0. The number of hydrogen-bond donors (Lipinski definition) is 0. The molecule has 0 aliphatic heterocycles. The summed E-state index contributed by atoms with van der Waals surface area (Å²) in [5.74, 6) is 0.392. The molecule has 0 rings (SSSR count). The van der Waals surface area contributed by atoms with E-state index in [0.29, 0.717) is 0 Å². The average Bonchev–Trinajstić information content (AvgIpc) is 3.50. The Labute approximate surface area is 590 Å². The van der Waals surface area contributed by atoms with Crippen molar-refractivity contribution in [3.63, 3.8) is 0 Å². The van der Waals surface area contributed by atoms with Crippen LogP contribution in [-0.4, -0.2) is 76.9 Å². The topological polar surface area (TPSA) is 133 Å². The SMILES string of the molecule is CCCCCCCCCCCCCCCCCCCC(CCCCCCCCCCCCCCCCCC)COS(=O)(=O)[O-].CCCCCCCCCCCCCCCCCCCC(CCCCCCCCCCCCCCCCCC)COS(=O)(=O)[O-].[Ca+2]. The monoisotopic (exact) mass is 1330 g/mol. The second-order valence-electron chi connectivity index (χ2n) is 28.2. The van der Waals surface area contributed by atoms with Gasteiger partial charge in [0.25, 0.3) is 0 Å². The van der Waals surface area contributed by atoms with Crippen LogP contribution in [0.1, 0.15) is 477 Å². The summed E-state index contributed by atoms with van der Waals surface area (Å²) in [7, 11) is -9.18. The Morgan fingerprint density at radius 3 is 0.404 bits per heavy atom. The van der Waals surface area contributed by atoms with Crippen molar-refractivity contribution in [2.75, 3.05) is 13.2 Å². The van der Waals surface area contributed by atoms with Crippen LogP contribution in [0.2, 0.25) is 0 Å². The van der Waals surface area contributed by atoms with E-state index in [4.69, 9.17) is 0 Å². The predicted octanol–water partition coefficient (Wildman–Crippen LogP) is 27.2. The quantitative estimate of drug-likeness (QED) is 0.0254. The van der Waals surface area contributed by atoms with Crippen molar-refractivity contribution in [1.82, 2.24) is 0 Å². The van der Waals surface area contributed by atoms with E-state index in [1.165, 1.54) is 398 Å². The molecule has 0 amide bonds. The van der Waals surface area contributed by atoms with Crippen molar-refractivity contribution in [2.45, 2.75) is 477 Å². The van der Waals surface area contributed by atoms with E-state index in [9.17, 15) is 25.9 Å². The second-order valence-corrected chi connectivity index (χ2v) is 30.3. The standard InChI is InChI=1S/2C39H80O4S.Ca/c2*1-3-5-7-9-11-13-15-17-19-21-23-25-27-29-31-33-35-37-39(38-43-44(40,41)42)36-34-32-30-28-26-24-22-20-18-16-14-12-10-8-6-4-2;/h2*39H,3-38H2,1-2H3,(H,40,41,42);/q;;+2/p-2. The molecule has 0 heterocycles. The summed E-state index contributed by atoms with van der Waals surface area (Å²) in [6.07, 6.45) is 93.6. The molecule has 89 heavy (non-hydrogen) atoms. The minimum absolute atomic E-state index is 0. The molecule has 0 saturated heterocycles. The molecule has 532 valence electrons. The van der Waals surface area contributed by atoms with E-state index in [0.717, 1.165) is 51.4 Å². The van der Waals surface area contributed by atoms with Crippen LogP contribution in [0.4, 0.5) is 0 Å². The second kappa shape index (κ2) is 79.7. The molecular formula is C78H158CaO8S2. The van der Waals surface area contributed by atoms with Crippen LogP contribution >= 0.6 is 0 Å². The van der Waals surface area contributed by atoms with Crippen LogP contribution in [0, 0.1) is 11.8 Å². The van der Waals surface area contributed by atoms with Crippen molar-refractivity contribution in [3.05, 3.63) is 0 Å². The van der Waals surface area contributed by atoms with Crippen LogP contribution in [0.5, 0.6) is 0 Å². The summed E-state index contributed by atoms with van der Waals surface area (Å²) in [4.78, 5) is 0. The molecule has 2 atom stereocenters. The zero-order chi connectivity index (χ0) is 64.5. The summed E-state index contributed by atoms with van der Waals surface area (Å²) < 4.78 is 75.4. The molecule has 11 heteroatoms. The third-order valence-electron chi connectivity index (χ3n) is 19.3. The van der Waals surface area contributed by atoms with Gasteiger partial charge in [-0.2, -0.15) is 0 Å². The van der Waals surface area contributed by atoms with Gasteiger partial charge in [-0.3, -0.25) is 8.37 Å². The Morgan fingerprint density at radius 1 is 0.202 bits per heavy atom. The van der Waals surface area contributed by atoms with Crippen LogP contribution in [0.15, 0.2) is 0 Å². The molecule has 0 N–H and O–H groups in total. The maximum Gasteiger partial charge on any atom is 2.00 e. The van der Waals surface area contributed by atoms with Crippen molar-refractivity contribution in [1.29, 1.82) is 0 Å². The molecule has 0 aliphatic carbocycles. The molecule has 0 aliphatic rings. The molecule has 0 aromatic heterocycles. The third-order valence-corrected chi connectivity index (χ3v) is 20.1. The fraction of sp³-hybridized carbons (Fsp3) is 1.00. The van der Waals surface area contributed by atoms with Gasteiger partial charge in [0.1, 0.15) is 0 Å². The number of hydrogen-bond acceptors (Lipinski definition) is 8. The van der Waals surface area contributed by atoms with Gasteiger partial charge in [0.2, 0.25) is 20.8 Å². The van der Waals surface area contributed by atoms with Crippen molar-refractivity contribution >= 4 is 58.5 Å². The number of rotatable bonds is 76. The van der Waals surface area contributed by atoms with E-state index < -0.39 is 20.8 Å². The largest absolute Gasteiger partial charge is 2.00 e. The molecule has 0 aromatic carbocycles. The third kappa shape index (κ3) is 89.0. The maximum atomic E-state index is 11.0. The summed E-state index contributed by atoms with van der Waals surface area (Å²) in [5, 5.41) is 0. The van der Waals surface area contributed by atoms with Crippen LogP contribution < -0.4 is 0 Å². The first kappa shape index (κ1) is 94.2. The average molecular weight is 1330 g/mol. The first-order chi connectivity index (χ1) is 43.0. The molecule has 0 bridgehead atoms. The number of unbranched alkanes of at least 4 members (excludes halogenated alkanes) is 62. The minimum Gasteiger partial charge on any atom is -0.726 e. The Morgan fingerprint density at radius 2 is 0.303 bits per heavy atom. The summed E-state index contributed by atoms with van der Waals surface area (Å²) in [5.41, 5.74) is 0. The first-order valence-electron chi connectivity index (χ1n) is 40.2. The van der Waals surface area contributed by atoms with Gasteiger partial charge in [0.05, 0.1) is 13.2 Å². The Bertz CT molecular complexity index is 1390. The Kier molecular flexibility index (Phi) is 84.3. The summed E-state index contributed by atoms with van der Waals surface area (Å²) in [6.45, 7) is 9.28. The molecular weight excluding hydrogens is 1170 g/mol. The van der Waals surface area contributed by atoms with Gasteiger partial charge in [-0.05, 0) is 37.5 Å². The van der Waals surface area contributed by atoms with E-state index in [1.807, 2.05) is 0 Å². The van der Waals surface area contributed by atoms with Crippen LogP contribution in [0.25, 0.3) is 0 Å². The molecule has 2 unspecified atom stereocenters.